The molecule has 0 aliphatic rings. The molecule has 12 rings (SSSR count). The lowest BCUT2D eigenvalue weighted by atomic mass is 10.1. The average Bonchev–Trinajstić information content (AvgIpc) is 3.95. The smallest absolute Gasteiger partial charge is 0.164 e. The molecule has 4 aromatic heterocycles. The van der Waals surface area contributed by atoms with Crippen molar-refractivity contribution < 1.29 is 0 Å². The molecule has 0 amide bonds. The van der Waals surface area contributed by atoms with Gasteiger partial charge in [-0.15, -0.1) is 11.3 Å². The van der Waals surface area contributed by atoms with Crippen LogP contribution in [0, 0.1) is 0 Å². The molecule has 4 heterocycles. The van der Waals surface area contributed by atoms with E-state index >= 15 is 0 Å². The van der Waals surface area contributed by atoms with Gasteiger partial charge < -0.3 is 9.13 Å². The van der Waals surface area contributed by atoms with Gasteiger partial charge in [0.15, 0.2) is 17.5 Å². The van der Waals surface area contributed by atoms with E-state index in [9.17, 15) is 0 Å². The van der Waals surface area contributed by atoms with Crippen molar-refractivity contribution in [2.45, 2.75) is 0 Å². The van der Waals surface area contributed by atoms with Crippen LogP contribution in [0.2, 0.25) is 0 Å². The van der Waals surface area contributed by atoms with Crippen LogP contribution in [-0.4, -0.2) is 24.1 Å². The fourth-order valence-electron chi connectivity index (χ4n) is 8.62. The highest BCUT2D eigenvalue weighted by Crippen LogP contribution is 2.46. The second kappa shape index (κ2) is 12.6. The van der Waals surface area contributed by atoms with E-state index < -0.39 is 0 Å². The fourth-order valence-corrected chi connectivity index (χ4v) is 9.96. The van der Waals surface area contributed by atoms with Gasteiger partial charge in [-0.05, 0) is 36.4 Å². The van der Waals surface area contributed by atoms with Crippen molar-refractivity contribution in [3.8, 4) is 45.5 Å². The highest BCUT2D eigenvalue weighted by molar-refractivity contribution is 7.27. The maximum atomic E-state index is 5.09. The molecule has 0 fully saturated rings. The first-order valence-corrected chi connectivity index (χ1v) is 19.9. The summed E-state index contributed by atoms with van der Waals surface area (Å²) in [5.74, 6) is 1.93. The molecule has 6 heteroatoms. The van der Waals surface area contributed by atoms with Crippen LogP contribution in [-0.2, 0) is 0 Å². The first-order chi connectivity index (χ1) is 28.3. The van der Waals surface area contributed by atoms with E-state index in [2.05, 4.69) is 137 Å². The fraction of sp³-hybridized carbons (Fsp3) is 0. The monoisotopic (exact) mass is 745 g/mol. The third-order valence-electron chi connectivity index (χ3n) is 11.2. The summed E-state index contributed by atoms with van der Waals surface area (Å²) in [7, 11) is 0. The maximum Gasteiger partial charge on any atom is 0.164 e. The van der Waals surface area contributed by atoms with E-state index in [-0.39, 0.29) is 0 Å². The molecule has 0 aliphatic heterocycles. The number of benzene rings is 8. The van der Waals surface area contributed by atoms with Crippen molar-refractivity contribution in [3.63, 3.8) is 0 Å². The number of para-hydroxylation sites is 3. The molecule has 0 radical (unpaired) electrons. The number of hydrogen-bond donors (Lipinski definition) is 0. The van der Waals surface area contributed by atoms with Crippen LogP contribution in [0.15, 0.2) is 188 Å². The minimum atomic E-state index is 0.636. The molecular formula is C51H31N5S. The van der Waals surface area contributed by atoms with Gasteiger partial charge in [0.2, 0.25) is 0 Å². The van der Waals surface area contributed by atoms with Gasteiger partial charge in [0.1, 0.15) is 0 Å². The third-order valence-corrected chi connectivity index (χ3v) is 12.4. The number of aromatic nitrogens is 5. The van der Waals surface area contributed by atoms with Crippen LogP contribution in [0.4, 0.5) is 0 Å². The molecule has 12 aromatic rings. The van der Waals surface area contributed by atoms with Crippen LogP contribution in [0.5, 0.6) is 0 Å². The number of rotatable bonds is 5. The first-order valence-electron chi connectivity index (χ1n) is 19.1. The van der Waals surface area contributed by atoms with Gasteiger partial charge >= 0.3 is 0 Å². The normalized spacial score (nSPS) is 11.9. The Morgan fingerprint density at radius 2 is 0.825 bits per heavy atom. The average molecular weight is 746 g/mol. The topological polar surface area (TPSA) is 48.5 Å². The summed E-state index contributed by atoms with van der Waals surface area (Å²) in [5.41, 5.74) is 9.86. The molecule has 0 N–H and O–H groups in total. The molecule has 0 saturated carbocycles. The van der Waals surface area contributed by atoms with Gasteiger partial charge in [-0.3, -0.25) is 0 Å². The summed E-state index contributed by atoms with van der Waals surface area (Å²) in [6.07, 6.45) is 0. The summed E-state index contributed by atoms with van der Waals surface area (Å²) >= 11 is 1.88. The molecule has 266 valence electrons. The van der Waals surface area contributed by atoms with E-state index in [1.165, 1.54) is 64.0 Å². The van der Waals surface area contributed by atoms with Gasteiger partial charge in [-0.25, -0.2) is 15.0 Å². The molecule has 0 saturated heterocycles. The number of hydrogen-bond acceptors (Lipinski definition) is 4. The van der Waals surface area contributed by atoms with E-state index in [0.29, 0.717) is 17.5 Å². The molecule has 5 nitrogen and oxygen atoms in total. The largest absolute Gasteiger partial charge is 0.308 e. The molecular weight excluding hydrogens is 715 g/mol. The van der Waals surface area contributed by atoms with E-state index in [1.54, 1.807) is 0 Å². The van der Waals surface area contributed by atoms with Gasteiger partial charge in [0, 0.05) is 54.7 Å². The van der Waals surface area contributed by atoms with Crippen molar-refractivity contribution in [1.82, 2.24) is 24.1 Å². The Kier molecular flexibility index (Phi) is 7.03. The maximum absolute atomic E-state index is 5.09. The van der Waals surface area contributed by atoms with Gasteiger partial charge in [-0.1, -0.05) is 152 Å². The Morgan fingerprint density at radius 3 is 1.47 bits per heavy atom. The second-order valence-electron chi connectivity index (χ2n) is 14.4. The Bertz CT molecular complexity index is 3400. The summed E-state index contributed by atoms with van der Waals surface area (Å²) < 4.78 is 7.41. The predicted molar refractivity (Wildman–Crippen MR) is 238 cm³/mol. The minimum Gasteiger partial charge on any atom is -0.308 e. The molecule has 8 aromatic carbocycles. The van der Waals surface area contributed by atoms with Gasteiger partial charge in [0.05, 0.1) is 37.2 Å². The number of thiophene rings is 1. The summed E-state index contributed by atoms with van der Waals surface area (Å²) in [6, 6.07) is 66.5. The number of fused-ring (bicyclic) bond motifs is 10. The van der Waals surface area contributed by atoms with E-state index in [4.69, 9.17) is 15.0 Å². The Balaban J connectivity index is 1.13. The Labute approximate surface area is 331 Å². The van der Waals surface area contributed by atoms with Crippen LogP contribution < -0.4 is 0 Å². The van der Waals surface area contributed by atoms with E-state index in [1.807, 2.05) is 72.0 Å². The highest BCUT2D eigenvalue weighted by atomic mass is 32.1. The minimum absolute atomic E-state index is 0.636. The lowest BCUT2D eigenvalue weighted by Gasteiger charge is -2.10. The molecule has 57 heavy (non-hydrogen) atoms. The SMILES string of the molecule is c1ccc(-c2nc(-c3ccccc3)nc(-c3ccc4c5ccc6c7cccc(-n8c9ccccc9c9ccccc98)c7sc6c5n(-c5ccccc5)c4c3)n2)cc1. The molecule has 0 atom stereocenters. The molecule has 0 spiro atoms. The lowest BCUT2D eigenvalue weighted by Crippen LogP contribution is -2.00. The van der Waals surface area contributed by atoms with Crippen LogP contribution in [0.1, 0.15) is 0 Å². The quantitative estimate of drug-likeness (QED) is 0.176. The molecule has 0 aliphatic carbocycles. The predicted octanol–water partition coefficient (Wildman–Crippen LogP) is 13.4. The summed E-state index contributed by atoms with van der Waals surface area (Å²) in [4.78, 5) is 15.1. The Morgan fingerprint density at radius 1 is 0.333 bits per heavy atom. The van der Waals surface area contributed by atoms with Crippen molar-refractivity contribution in [2.75, 3.05) is 0 Å². The van der Waals surface area contributed by atoms with Crippen molar-refractivity contribution in [2.24, 2.45) is 0 Å². The van der Waals surface area contributed by atoms with Gasteiger partial charge in [0.25, 0.3) is 0 Å². The van der Waals surface area contributed by atoms with Crippen molar-refractivity contribution in [3.05, 3.63) is 188 Å². The zero-order chi connectivity index (χ0) is 37.5. The third kappa shape index (κ3) is 4.91. The van der Waals surface area contributed by atoms with Crippen molar-refractivity contribution >= 4 is 75.1 Å². The number of nitrogens with zero attached hydrogens (tertiary/aromatic N) is 5. The zero-order valence-corrected chi connectivity index (χ0v) is 31.4. The van der Waals surface area contributed by atoms with Crippen molar-refractivity contribution in [1.29, 1.82) is 0 Å². The standard InChI is InChI=1S/C51H31N5S/c1-4-15-32(16-5-1)49-52-50(33-17-6-2-7-18-33)54-51(53-49)34-27-28-38-39-29-30-41-40-23-14-26-44(56-42-24-12-10-21-36(42)37-22-11-13-25-43(37)56)47(40)57-48(41)46(39)55(45(38)31-34)35-19-8-3-9-20-35/h1-31H. The van der Waals surface area contributed by atoms with E-state index in [0.717, 1.165) is 27.9 Å². The first kappa shape index (κ1) is 31.9. The van der Waals surface area contributed by atoms with Crippen LogP contribution in [0.3, 0.4) is 0 Å². The van der Waals surface area contributed by atoms with Gasteiger partial charge in [-0.2, -0.15) is 0 Å². The summed E-state index contributed by atoms with van der Waals surface area (Å²) in [6.45, 7) is 0. The second-order valence-corrected chi connectivity index (χ2v) is 15.4. The molecule has 0 bridgehead atoms. The summed E-state index contributed by atoms with van der Waals surface area (Å²) in [5, 5.41) is 7.43. The lowest BCUT2D eigenvalue weighted by molar-refractivity contribution is 1.07. The van der Waals surface area contributed by atoms with Crippen LogP contribution >= 0.6 is 11.3 Å². The Hall–Kier alpha value is -7.41. The highest BCUT2D eigenvalue weighted by Gasteiger charge is 2.22. The molecule has 0 unspecified atom stereocenters. The van der Waals surface area contributed by atoms with Crippen LogP contribution in [0.25, 0.3) is 109 Å². The zero-order valence-electron chi connectivity index (χ0n) is 30.5.